The van der Waals surface area contributed by atoms with E-state index in [2.05, 4.69) is 87.6 Å². The summed E-state index contributed by atoms with van der Waals surface area (Å²) >= 11 is 0. The molecule has 0 saturated carbocycles. The summed E-state index contributed by atoms with van der Waals surface area (Å²) in [6.45, 7) is 6.40. The van der Waals surface area contributed by atoms with Gasteiger partial charge in [-0.3, -0.25) is 14.4 Å². The van der Waals surface area contributed by atoms with E-state index in [1.54, 1.807) is 0 Å². The molecule has 408 valence electrons. The topological polar surface area (TPSA) is 78.9 Å². The van der Waals surface area contributed by atoms with Crippen LogP contribution in [0.2, 0.25) is 0 Å². The van der Waals surface area contributed by atoms with Crippen LogP contribution in [-0.2, 0) is 28.6 Å². The standard InChI is InChI=1S/C65H112O6/c1-4-7-10-13-16-19-22-25-28-30-32-34-37-40-43-46-49-52-55-58-64(67)70-61-62(60-69-63(66)57-54-51-48-45-42-39-36-27-24-21-18-15-12-9-6-3)71-65(68)59-56-53-50-47-44-41-38-35-33-31-29-26-23-20-17-14-11-8-5-2/h7,9-10,12,15-16,18-19,21,24-25,27-28,36,62H,4-6,8,11,13-14,17,20,22-23,26,29-35,37-61H2,1-3H3/b10-7-,12-9-,18-15-,19-16-,24-21-,28-25-,36-27-. The van der Waals surface area contributed by atoms with Gasteiger partial charge in [-0.15, -0.1) is 0 Å². The number of carbonyl (C=O) groups is 3. The fraction of sp³-hybridized carbons (Fsp3) is 0.738. The minimum atomic E-state index is -0.788. The molecule has 0 radical (unpaired) electrons. The maximum absolute atomic E-state index is 12.9. The molecule has 0 aliphatic rings. The van der Waals surface area contributed by atoms with Gasteiger partial charge in [0, 0.05) is 19.3 Å². The number of ether oxygens (including phenoxy) is 3. The minimum Gasteiger partial charge on any atom is -0.462 e. The Labute approximate surface area is 439 Å². The molecule has 0 spiro atoms. The van der Waals surface area contributed by atoms with Crippen molar-refractivity contribution in [1.82, 2.24) is 0 Å². The van der Waals surface area contributed by atoms with Crippen LogP contribution in [0.3, 0.4) is 0 Å². The number of unbranched alkanes of at least 4 members (excludes halogenated alkanes) is 32. The summed E-state index contributed by atoms with van der Waals surface area (Å²) in [7, 11) is 0. The zero-order chi connectivity index (χ0) is 51.4. The first-order valence-corrected chi connectivity index (χ1v) is 30.1. The van der Waals surface area contributed by atoms with E-state index in [9.17, 15) is 14.4 Å². The van der Waals surface area contributed by atoms with Gasteiger partial charge in [-0.1, -0.05) is 286 Å². The summed E-state index contributed by atoms with van der Waals surface area (Å²) in [4.78, 5) is 38.2. The lowest BCUT2D eigenvalue weighted by Crippen LogP contribution is -2.30. The SMILES string of the molecule is CC\C=C/C=C\C=C/C=C\CCCCCCCC(=O)OCC(COC(=O)CCCCCCCCCCC/C=C\C/C=C\C/C=C\CC)OC(=O)CCCCCCCCCCCCCCCCCCCCC. The largest absolute Gasteiger partial charge is 0.462 e. The van der Waals surface area contributed by atoms with Crippen molar-refractivity contribution in [1.29, 1.82) is 0 Å². The lowest BCUT2D eigenvalue weighted by molar-refractivity contribution is -0.167. The molecule has 6 nitrogen and oxygen atoms in total. The molecule has 0 aromatic heterocycles. The fourth-order valence-corrected chi connectivity index (χ4v) is 8.53. The van der Waals surface area contributed by atoms with Crippen LogP contribution in [0.25, 0.3) is 0 Å². The quantitative estimate of drug-likeness (QED) is 0.0199. The molecule has 0 aliphatic heterocycles. The maximum atomic E-state index is 12.9. The van der Waals surface area contributed by atoms with Gasteiger partial charge < -0.3 is 14.2 Å². The van der Waals surface area contributed by atoms with Gasteiger partial charge in [0.15, 0.2) is 6.10 Å². The Balaban J connectivity index is 4.38. The van der Waals surface area contributed by atoms with E-state index in [4.69, 9.17) is 14.2 Å². The van der Waals surface area contributed by atoms with E-state index in [0.29, 0.717) is 19.3 Å². The number of hydrogen-bond acceptors (Lipinski definition) is 6. The average Bonchev–Trinajstić information content (AvgIpc) is 3.37. The molecule has 0 amide bonds. The molecule has 0 N–H and O–H groups in total. The summed E-state index contributed by atoms with van der Waals surface area (Å²) in [5, 5.41) is 0. The second kappa shape index (κ2) is 59.2. The Morgan fingerprint density at radius 2 is 0.620 bits per heavy atom. The summed E-state index contributed by atoms with van der Waals surface area (Å²) < 4.78 is 16.9. The molecule has 0 heterocycles. The lowest BCUT2D eigenvalue weighted by Gasteiger charge is -2.18. The summed E-state index contributed by atoms with van der Waals surface area (Å²) in [6, 6.07) is 0. The van der Waals surface area contributed by atoms with Gasteiger partial charge >= 0.3 is 17.9 Å². The van der Waals surface area contributed by atoms with E-state index in [-0.39, 0.29) is 31.1 Å². The first kappa shape index (κ1) is 67.6. The highest BCUT2D eigenvalue weighted by atomic mass is 16.6. The maximum Gasteiger partial charge on any atom is 0.306 e. The van der Waals surface area contributed by atoms with Gasteiger partial charge in [-0.2, -0.15) is 0 Å². The van der Waals surface area contributed by atoms with Crippen LogP contribution in [0.5, 0.6) is 0 Å². The molecule has 0 aromatic rings. The number of allylic oxidation sites excluding steroid dienone is 14. The number of carbonyl (C=O) groups excluding carboxylic acids is 3. The Bertz CT molecular complexity index is 1370. The molecule has 6 heteroatoms. The molecular formula is C65H112O6. The predicted octanol–water partition coefficient (Wildman–Crippen LogP) is 20.3. The highest BCUT2D eigenvalue weighted by Crippen LogP contribution is 2.17. The van der Waals surface area contributed by atoms with Crippen LogP contribution in [-0.4, -0.2) is 37.2 Å². The van der Waals surface area contributed by atoms with Crippen LogP contribution < -0.4 is 0 Å². The Hall–Kier alpha value is -3.41. The predicted molar refractivity (Wildman–Crippen MR) is 307 cm³/mol. The second-order valence-corrected chi connectivity index (χ2v) is 19.9. The first-order valence-electron chi connectivity index (χ1n) is 30.1. The van der Waals surface area contributed by atoms with Crippen LogP contribution in [0, 0.1) is 0 Å². The zero-order valence-electron chi connectivity index (χ0n) is 46.7. The van der Waals surface area contributed by atoms with Crippen molar-refractivity contribution in [3.05, 3.63) is 85.1 Å². The van der Waals surface area contributed by atoms with Crippen LogP contribution in [0.15, 0.2) is 85.1 Å². The van der Waals surface area contributed by atoms with Crippen molar-refractivity contribution in [3.63, 3.8) is 0 Å². The highest BCUT2D eigenvalue weighted by molar-refractivity contribution is 5.71. The Morgan fingerprint density at radius 3 is 1.03 bits per heavy atom. The second-order valence-electron chi connectivity index (χ2n) is 19.9. The van der Waals surface area contributed by atoms with Crippen molar-refractivity contribution >= 4 is 17.9 Å². The molecule has 1 atom stereocenters. The first-order chi connectivity index (χ1) is 35.0. The van der Waals surface area contributed by atoms with Crippen LogP contribution in [0.1, 0.15) is 290 Å². The summed E-state index contributed by atoms with van der Waals surface area (Å²) in [6.07, 6.45) is 77.2. The monoisotopic (exact) mass is 989 g/mol. The molecule has 0 aromatic carbocycles. The molecule has 0 fully saturated rings. The molecule has 0 bridgehead atoms. The van der Waals surface area contributed by atoms with Gasteiger partial charge in [-0.05, 0) is 70.6 Å². The summed E-state index contributed by atoms with van der Waals surface area (Å²) in [5.41, 5.74) is 0. The molecule has 0 aliphatic carbocycles. The molecule has 0 rings (SSSR count). The normalized spacial score (nSPS) is 12.7. The number of esters is 3. The van der Waals surface area contributed by atoms with Crippen molar-refractivity contribution in [2.75, 3.05) is 13.2 Å². The lowest BCUT2D eigenvalue weighted by atomic mass is 10.0. The van der Waals surface area contributed by atoms with Gasteiger partial charge in [0.05, 0.1) is 0 Å². The van der Waals surface area contributed by atoms with Gasteiger partial charge in [0.1, 0.15) is 13.2 Å². The zero-order valence-corrected chi connectivity index (χ0v) is 46.7. The van der Waals surface area contributed by atoms with Crippen LogP contribution in [0.4, 0.5) is 0 Å². The van der Waals surface area contributed by atoms with Crippen molar-refractivity contribution in [3.8, 4) is 0 Å². The van der Waals surface area contributed by atoms with E-state index in [1.807, 2.05) is 18.2 Å². The third-order valence-electron chi connectivity index (χ3n) is 13.0. The van der Waals surface area contributed by atoms with Gasteiger partial charge in [0.25, 0.3) is 0 Å². The van der Waals surface area contributed by atoms with E-state index < -0.39 is 6.10 Å². The molecular weight excluding hydrogens is 877 g/mol. The minimum absolute atomic E-state index is 0.0853. The van der Waals surface area contributed by atoms with Crippen LogP contribution >= 0.6 is 0 Å². The van der Waals surface area contributed by atoms with Crippen molar-refractivity contribution in [2.24, 2.45) is 0 Å². The summed E-state index contributed by atoms with van der Waals surface area (Å²) in [5.74, 6) is -0.902. The van der Waals surface area contributed by atoms with E-state index in [0.717, 1.165) is 103 Å². The average molecular weight is 990 g/mol. The molecule has 71 heavy (non-hydrogen) atoms. The highest BCUT2D eigenvalue weighted by Gasteiger charge is 2.19. The number of rotatable bonds is 54. The smallest absolute Gasteiger partial charge is 0.306 e. The van der Waals surface area contributed by atoms with Gasteiger partial charge in [0.2, 0.25) is 0 Å². The molecule has 0 saturated heterocycles. The van der Waals surface area contributed by atoms with Gasteiger partial charge in [-0.25, -0.2) is 0 Å². The third-order valence-corrected chi connectivity index (χ3v) is 13.0. The van der Waals surface area contributed by atoms with Crippen molar-refractivity contribution in [2.45, 2.75) is 297 Å². The number of hydrogen-bond donors (Lipinski definition) is 0. The fourth-order valence-electron chi connectivity index (χ4n) is 8.53. The van der Waals surface area contributed by atoms with E-state index in [1.165, 1.54) is 148 Å². The third kappa shape index (κ3) is 57.4. The van der Waals surface area contributed by atoms with E-state index >= 15 is 0 Å². The Morgan fingerprint density at radius 1 is 0.310 bits per heavy atom. The Kier molecular flexibility index (Phi) is 56.3. The van der Waals surface area contributed by atoms with Crippen molar-refractivity contribution < 1.29 is 28.6 Å². The molecule has 1 unspecified atom stereocenters.